The van der Waals surface area contributed by atoms with Crippen molar-refractivity contribution in [2.45, 2.75) is 57.3 Å². The largest absolute Gasteiger partial charge is 0.376 e. The van der Waals surface area contributed by atoms with Gasteiger partial charge in [-0.25, -0.2) is 8.42 Å². The summed E-state index contributed by atoms with van der Waals surface area (Å²) in [6.45, 7) is 10.2. The third kappa shape index (κ3) is 5.31. The van der Waals surface area contributed by atoms with Crippen LogP contribution in [0.4, 0.5) is 5.69 Å². The van der Waals surface area contributed by atoms with Crippen LogP contribution >= 0.6 is 0 Å². The van der Waals surface area contributed by atoms with Gasteiger partial charge in [0.1, 0.15) is 0 Å². The van der Waals surface area contributed by atoms with Gasteiger partial charge in [-0.1, -0.05) is 29.8 Å². The summed E-state index contributed by atoms with van der Waals surface area (Å²) in [7, 11) is -1.97. The summed E-state index contributed by atoms with van der Waals surface area (Å²) in [6, 6.07) is 14.0. The number of sulfonamides is 1. The first kappa shape index (κ1) is 21.4. The quantitative estimate of drug-likeness (QED) is 0.719. The lowest BCUT2D eigenvalue weighted by molar-refractivity contribution is -0.168. The molecule has 0 bridgehead atoms. The standard InChI is InChI=1S/C21H29NO4S/c1-16-10-12-19(13-11-16)27(23,24)22-18-9-7-8-17(14-18)15-26-21(4,5)20(2,3)25-6/h7-14,22H,15H2,1-6H3. The number of methoxy groups -OCH3 is 1. The van der Waals surface area contributed by atoms with Crippen LogP contribution in [0, 0.1) is 6.92 Å². The molecule has 0 fully saturated rings. The fraction of sp³-hybridized carbons (Fsp3) is 0.429. The number of anilines is 1. The van der Waals surface area contributed by atoms with Gasteiger partial charge in [-0.2, -0.15) is 0 Å². The van der Waals surface area contributed by atoms with Crippen molar-refractivity contribution in [3.05, 3.63) is 59.7 Å². The highest BCUT2D eigenvalue weighted by atomic mass is 32.2. The molecule has 0 aliphatic heterocycles. The minimum absolute atomic E-state index is 0.234. The molecule has 27 heavy (non-hydrogen) atoms. The van der Waals surface area contributed by atoms with Gasteiger partial charge in [0.15, 0.2) is 0 Å². The average Bonchev–Trinajstić information content (AvgIpc) is 2.60. The molecule has 5 nitrogen and oxygen atoms in total. The van der Waals surface area contributed by atoms with E-state index in [0.29, 0.717) is 12.3 Å². The predicted octanol–water partition coefficient (Wildman–Crippen LogP) is 4.52. The van der Waals surface area contributed by atoms with Crippen LogP contribution in [-0.4, -0.2) is 26.7 Å². The Bertz CT molecular complexity index is 871. The number of hydrogen-bond acceptors (Lipinski definition) is 4. The zero-order chi connectivity index (χ0) is 20.3. The van der Waals surface area contributed by atoms with E-state index in [0.717, 1.165) is 11.1 Å². The molecule has 2 aromatic carbocycles. The van der Waals surface area contributed by atoms with Crippen LogP contribution in [-0.2, 0) is 26.1 Å². The predicted molar refractivity (Wildman–Crippen MR) is 108 cm³/mol. The van der Waals surface area contributed by atoms with Crippen LogP contribution in [0.1, 0.15) is 38.8 Å². The molecule has 0 saturated heterocycles. The van der Waals surface area contributed by atoms with Gasteiger partial charge in [0, 0.05) is 12.8 Å². The Kier molecular flexibility index (Phi) is 6.35. The molecule has 0 heterocycles. The smallest absolute Gasteiger partial charge is 0.261 e. The molecule has 1 N–H and O–H groups in total. The second-order valence-corrected chi connectivity index (χ2v) is 9.31. The molecule has 0 saturated carbocycles. The molecule has 0 aliphatic carbocycles. The van der Waals surface area contributed by atoms with Gasteiger partial charge in [0.2, 0.25) is 0 Å². The summed E-state index contributed by atoms with van der Waals surface area (Å²) < 4.78 is 39.3. The SMILES string of the molecule is COC(C)(C)C(C)(C)OCc1cccc(NS(=O)(=O)c2ccc(C)cc2)c1. The number of benzene rings is 2. The van der Waals surface area contributed by atoms with Gasteiger partial charge >= 0.3 is 0 Å². The number of aryl methyl sites for hydroxylation is 1. The van der Waals surface area contributed by atoms with Crippen molar-refractivity contribution < 1.29 is 17.9 Å². The summed E-state index contributed by atoms with van der Waals surface area (Å²) in [4.78, 5) is 0.234. The summed E-state index contributed by atoms with van der Waals surface area (Å²) in [5.74, 6) is 0. The molecule has 0 atom stereocenters. The maximum absolute atomic E-state index is 12.6. The molecule has 6 heteroatoms. The fourth-order valence-electron chi connectivity index (χ4n) is 2.34. The van der Waals surface area contributed by atoms with Crippen molar-refractivity contribution in [3.8, 4) is 0 Å². The lowest BCUT2D eigenvalue weighted by atomic mass is 9.89. The molecule has 0 aromatic heterocycles. The van der Waals surface area contributed by atoms with E-state index in [4.69, 9.17) is 9.47 Å². The monoisotopic (exact) mass is 391 g/mol. The lowest BCUT2D eigenvalue weighted by Crippen LogP contribution is -2.48. The zero-order valence-corrected chi connectivity index (χ0v) is 17.7. The number of nitrogens with one attached hydrogen (secondary N) is 1. The van der Waals surface area contributed by atoms with Crippen LogP contribution in [0.15, 0.2) is 53.4 Å². The van der Waals surface area contributed by atoms with E-state index in [1.165, 1.54) is 0 Å². The molecule has 2 aromatic rings. The third-order valence-electron chi connectivity index (χ3n) is 5.07. The minimum Gasteiger partial charge on any atom is -0.376 e. The molecule has 0 spiro atoms. The van der Waals surface area contributed by atoms with Gasteiger partial charge in [0.25, 0.3) is 10.0 Å². The van der Waals surface area contributed by atoms with Crippen LogP contribution in [0.3, 0.4) is 0 Å². The maximum atomic E-state index is 12.6. The Balaban J connectivity index is 2.12. The Hall–Kier alpha value is -1.89. The van der Waals surface area contributed by atoms with E-state index >= 15 is 0 Å². The van der Waals surface area contributed by atoms with Gasteiger partial charge in [-0.15, -0.1) is 0 Å². The van der Waals surface area contributed by atoms with Gasteiger partial charge in [-0.3, -0.25) is 4.72 Å². The first-order chi connectivity index (χ1) is 12.5. The van der Waals surface area contributed by atoms with Crippen molar-refractivity contribution in [1.29, 1.82) is 0 Å². The maximum Gasteiger partial charge on any atom is 0.261 e. The Labute approximate surface area is 162 Å². The summed E-state index contributed by atoms with van der Waals surface area (Å²) >= 11 is 0. The van der Waals surface area contributed by atoms with Gasteiger partial charge in [-0.05, 0) is 64.4 Å². The summed E-state index contributed by atoms with van der Waals surface area (Å²) in [6.07, 6.45) is 0. The first-order valence-corrected chi connectivity index (χ1v) is 10.3. The normalized spacial score (nSPS) is 12.8. The van der Waals surface area contributed by atoms with E-state index < -0.39 is 21.2 Å². The molecule has 0 unspecified atom stereocenters. The van der Waals surface area contributed by atoms with Crippen molar-refractivity contribution in [2.75, 3.05) is 11.8 Å². The van der Waals surface area contributed by atoms with Crippen molar-refractivity contribution >= 4 is 15.7 Å². The first-order valence-electron chi connectivity index (χ1n) is 8.84. The van der Waals surface area contributed by atoms with Crippen molar-refractivity contribution in [3.63, 3.8) is 0 Å². The second kappa shape index (κ2) is 8.00. The molecule has 148 valence electrons. The van der Waals surface area contributed by atoms with Crippen LogP contribution in [0.2, 0.25) is 0 Å². The van der Waals surface area contributed by atoms with Gasteiger partial charge in [0.05, 0.1) is 22.7 Å². The topological polar surface area (TPSA) is 64.6 Å². The van der Waals surface area contributed by atoms with E-state index in [1.807, 2.05) is 40.7 Å². The van der Waals surface area contributed by atoms with E-state index in [-0.39, 0.29) is 4.90 Å². The summed E-state index contributed by atoms with van der Waals surface area (Å²) in [5, 5.41) is 0. The van der Waals surface area contributed by atoms with Crippen molar-refractivity contribution in [1.82, 2.24) is 0 Å². The average molecular weight is 392 g/mol. The Morgan fingerprint density at radius 3 is 2.19 bits per heavy atom. The van der Waals surface area contributed by atoms with Crippen molar-refractivity contribution in [2.24, 2.45) is 0 Å². The fourth-order valence-corrected chi connectivity index (χ4v) is 3.39. The highest BCUT2D eigenvalue weighted by Crippen LogP contribution is 2.29. The second-order valence-electron chi connectivity index (χ2n) is 7.63. The molecular formula is C21H29NO4S. The number of ether oxygens (including phenoxy) is 2. The van der Waals surface area contributed by atoms with E-state index in [2.05, 4.69) is 4.72 Å². The van der Waals surface area contributed by atoms with E-state index in [9.17, 15) is 8.42 Å². The molecule has 2 rings (SSSR count). The molecular weight excluding hydrogens is 362 g/mol. The Morgan fingerprint density at radius 2 is 1.59 bits per heavy atom. The minimum atomic E-state index is -3.63. The van der Waals surface area contributed by atoms with Crippen LogP contribution < -0.4 is 4.72 Å². The molecule has 0 radical (unpaired) electrons. The number of hydrogen-bond donors (Lipinski definition) is 1. The van der Waals surface area contributed by atoms with Crippen LogP contribution in [0.5, 0.6) is 0 Å². The summed E-state index contributed by atoms with van der Waals surface area (Å²) in [5.41, 5.74) is 1.41. The number of rotatable bonds is 8. The Morgan fingerprint density at radius 1 is 0.963 bits per heavy atom. The highest BCUT2D eigenvalue weighted by Gasteiger charge is 2.38. The van der Waals surface area contributed by atoms with E-state index in [1.54, 1.807) is 49.6 Å². The zero-order valence-electron chi connectivity index (χ0n) is 16.9. The lowest BCUT2D eigenvalue weighted by Gasteiger charge is -2.40. The van der Waals surface area contributed by atoms with Gasteiger partial charge < -0.3 is 9.47 Å². The third-order valence-corrected chi connectivity index (χ3v) is 6.47. The molecule has 0 amide bonds. The highest BCUT2D eigenvalue weighted by molar-refractivity contribution is 7.92. The van der Waals surface area contributed by atoms with Crippen LogP contribution in [0.25, 0.3) is 0 Å². The molecule has 0 aliphatic rings.